The molecule has 2 rings (SSSR count). The maximum absolute atomic E-state index is 14.0. The Labute approximate surface area is 111 Å². The quantitative estimate of drug-likeness (QED) is 0.908. The van der Waals surface area contributed by atoms with E-state index in [2.05, 4.69) is 5.32 Å². The molecule has 1 N–H and O–H groups in total. The van der Waals surface area contributed by atoms with E-state index in [0.717, 1.165) is 17.7 Å². The van der Waals surface area contributed by atoms with Crippen LogP contribution in [0.25, 0.3) is 0 Å². The summed E-state index contributed by atoms with van der Waals surface area (Å²) in [6.45, 7) is 2.00. The maximum Gasteiger partial charge on any atom is 0.129 e. The highest BCUT2D eigenvalue weighted by molar-refractivity contribution is 6.31. The molecule has 1 aromatic heterocycles. The molecule has 0 spiro atoms. The first kappa shape index (κ1) is 13.1. The summed E-state index contributed by atoms with van der Waals surface area (Å²) in [5.41, 5.74) is 1.38. The molecule has 0 saturated heterocycles. The standard InChI is InChI=1S/C14H15ClFNO/c1-3-12-9(7-8-18-12)14(17-2)13-10(15)5-4-6-11(13)16/h4-8,14,17H,3H2,1-2H3. The second-order valence-electron chi connectivity index (χ2n) is 4.01. The van der Waals surface area contributed by atoms with Gasteiger partial charge in [0.05, 0.1) is 12.3 Å². The monoisotopic (exact) mass is 267 g/mol. The zero-order chi connectivity index (χ0) is 13.1. The lowest BCUT2D eigenvalue weighted by Crippen LogP contribution is -2.20. The van der Waals surface area contributed by atoms with Crippen LogP contribution in [0.4, 0.5) is 4.39 Å². The van der Waals surface area contributed by atoms with Gasteiger partial charge in [0.25, 0.3) is 0 Å². The second-order valence-corrected chi connectivity index (χ2v) is 4.42. The van der Waals surface area contributed by atoms with Gasteiger partial charge in [-0.1, -0.05) is 24.6 Å². The molecule has 1 aromatic carbocycles. The van der Waals surface area contributed by atoms with Crippen molar-refractivity contribution < 1.29 is 8.81 Å². The fourth-order valence-electron chi connectivity index (χ4n) is 2.14. The van der Waals surface area contributed by atoms with Crippen LogP contribution in [0, 0.1) is 5.82 Å². The Bertz CT molecular complexity index is 518. The molecule has 2 aromatic rings. The first-order chi connectivity index (χ1) is 8.69. The lowest BCUT2D eigenvalue weighted by atomic mass is 9.98. The summed E-state index contributed by atoms with van der Waals surface area (Å²) in [5, 5.41) is 3.51. The number of benzene rings is 1. The normalized spacial score (nSPS) is 12.7. The maximum atomic E-state index is 14.0. The molecule has 18 heavy (non-hydrogen) atoms. The summed E-state index contributed by atoms with van der Waals surface area (Å²) in [4.78, 5) is 0. The second kappa shape index (κ2) is 5.55. The van der Waals surface area contributed by atoms with Crippen LogP contribution in [0.3, 0.4) is 0 Å². The molecule has 0 fully saturated rings. The number of halogens is 2. The van der Waals surface area contributed by atoms with E-state index in [-0.39, 0.29) is 11.9 Å². The number of nitrogens with one attached hydrogen (secondary N) is 1. The van der Waals surface area contributed by atoms with Crippen LogP contribution in [0.2, 0.25) is 5.02 Å². The van der Waals surface area contributed by atoms with Crippen molar-refractivity contribution >= 4 is 11.6 Å². The van der Waals surface area contributed by atoms with Gasteiger partial charge in [0.15, 0.2) is 0 Å². The highest BCUT2D eigenvalue weighted by Gasteiger charge is 2.22. The van der Waals surface area contributed by atoms with Gasteiger partial charge in [0.2, 0.25) is 0 Å². The molecule has 0 radical (unpaired) electrons. The molecule has 0 aliphatic rings. The third kappa shape index (κ3) is 2.28. The fraction of sp³-hybridized carbons (Fsp3) is 0.286. The van der Waals surface area contributed by atoms with Crippen molar-refractivity contribution in [2.24, 2.45) is 0 Å². The molecule has 1 unspecified atom stereocenters. The molecular formula is C14H15ClFNO. The minimum atomic E-state index is -0.315. The van der Waals surface area contributed by atoms with Gasteiger partial charge in [-0.15, -0.1) is 0 Å². The van der Waals surface area contributed by atoms with Crippen molar-refractivity contribution in [2.75, 3.05) is 7.05 Å². The number of rotatable bonds is 4. The summed E-state index contributed by atoms with van der Waals surface area (Å²) in [7, 11) is 1.78. The number of hydrogen-bond acceptors (Lipinski definition) is 2. The Morgan fingerprint density at radius 2 is 2.17 bits per heavy atom. The molecule has 2 nitrogen and oxygen atoms in total. The van der Waals surface area contributed by atoms with Crippen molar-refractivity contribution in [1.82, 2.24) is 5.32 Å². The van der Waals surface area contributed by atoms with Crippen LogP contribution in [0.5, 0.6) is 0 Å². The van der Waals surface area contributed by atoms with Gasteiger partial charge in [-0.2, -0.15) is 0 Å². The first-order valence-corrected chi connectivity index (χ1v) is 6.24. The fourth-order valence-corrected chi connectivity index (χ4v) is 2.41. The lowest BCUT2D eigenvalue weighted by molar-refractivity contribution is 0.501. The van der Waals surface area contributed by atoms with Gasteiger partial charge in [-0.05, 0) is 25.2 Å². The van der Waals surface area contributed by atoms with Crippen LogP contribution >= 0.6 is 11.6 Å². The molecule has 96 valence electrons. The zero-order valence-electron chi connectivity index (χ0n) is 10.3. The average Bonchev–Trinajstić information content (AvgIpc) is 2.82. The van der Waals surface area contributed by atoms with E-state index < -0.39 is 0 Å². The Balaban J connectivity index is 2.52. The lowest BCUT2D eigenvalue weighted by Gasteiger charge is -2.18. The Morgan fingerprint density at radius 1 is 1.39 bits per heavy atom. The summed E-state index contributed by atoms with van der Waals surface area (Å²) in [5.74, 6) is 0.527. The molecule has 0 aliphatic heterocycles. The first-order valence-electron chi connectivity index (χ1n) is 5.86. The van der Waals surface area contributed by atoms with Gasteiger partial charge in [-0.3, -0.25) is 0 Å². The van der Waals surface area contributed by atoms with Gasteiger partial charge in [0, 0.05) is 22.6 Å². The smallest absolute Gasteiger partial charge is 0.129 e. The molecule has 1 atom stereocenters. The highest BCUT2D eigenvalue weighted by atomic mass is 35.5. The van der Waals surface area contributed by atoms with E-state index in [4.69, 9.17) is 16.0 Å². The van der Waals surface area contributed by atoms with E-state index in [0.29, 0.717) is 10.6 Å². The van der Waals surface area contributed by atoms with Crippen LogP contribution in [0.15, 0.2) is 34.9 Å². The van der Waals surface area contributed by atoms with E-state index >= 15 is 0 Å². The van der Waals surface area contributed by atoms with Crippen LogP contribution in [-0.2, 0) is 6.42 Å². The zero-order valence-corrected chi connectivity index (χ0v) is 11.1. The van der Waals surface area contributed by atoms with E-state index in [1.54, 1.807) is 25.4 Å². The molecule has 1 heterocycles. The molecule has 0 saturated carbocycles. The third-order valence-electron chi connectivity index (χ3n) is 2.99. The van der Waals surface area contributed by atoms with Gasteiger partial charge in [-0.25, -0.2) is 4.39 Å². The van der Waals surface area contributed by atoms with Crippen molar-refractivity contribution in [3.63, 3.8) is 0 Å². The number of hydrogen-bond donors (Lipinski definition) is 1. The largest absolute Gasteiger partial charge is 0.469 e. The Hall–Kier alpha value is -1.32. The highest BCUT2D eigenvalue weighted by Crippen LogP contribution is 2.32. The molecule has 0 amide bonds. The van der Waals surface area contributed by atoms with E-state index in [9.17, 15) is 4.39 Å². The molecule has 4 heteroatoms. The van der Waals surface area contributed by atoms with Crippen molar-refractivity contribution in [2.45, 2.75) is 19.4 Å². The van der Waals surface area contributed by atoms with Gasteiger partial charge in [0.1, 0.15) is 11.6 Å². The summed E-state index contributed by atoms with van der Waals surface area (Å²) in [6.07, 6.45) is 2.37. The SMILES string of the molecule is CCc1occc1C(NC)c1c(F)cccc1Cl. The van der Waals surface area contributed by atoms with E-state index in [1.165, 1.54) is 6.07 Å². The predicted molar refractivity (Wildman–Crippen MR) is 70.4 cm³/mol. The van der Waals surface area contributed by atoms with E-state index in [1.807, 2.05) is 13.0 Å². The van der Waals surface area contributed by atoms with Crippen LogP contribution < -0.4 is 5.32 Å². The van der Waals surface area contributed by atoms with Crippen molar-refractivity contribution in [3.05, 3.63) is 58.3 Å². The molecule has 0 bridgehead atoms. The minimum absolute atomic E-state index is 0.299. The number of aryl methyl sites for hydroxylation is 1. The van der Waals surface area contributed by atoms with Crippen molar-refractivity contribution in [3.8, 4) is 0 Å². The predicted octanol–water partition coefficient (Wildman–Crippen LogP) is 3.94. The van der Waals surface area contributed by atoms with Crippen molar-refractivity contribution in [1.29, 1.82) is 0 Å². The number of furan rings is 1. The Kier molecular flexibility index (Phi) is 4.04. The van der Waals surface area contributed by atoms with Gasteiger partial charge < -0.3 is 9.73 Å². The summed E-state index contributed by atoms with van der Waals surface area (Å²) in [6, 6.07) is 6.26. The molecule has 0 aliphatic carbocycles. The average molecular weight is 268 g/mol. The van der Waals surface area contributed by atoms with Crippen LogP contribution in [0.1, 0.15) is 29.9 Å². The summed E-state index contributed by atoms with van der Waals surface area (Å²) >= 11 is 6.10. The summed E-state index contributed by atoms with van der Waals surface area (Å²) < 4.78 is 19.4. The van der Waals surface area contributed by atoms with Crippen LogP contribution in [-0.4, -0.2) is 7.05 Å². The Morgan fingerprint density at radius 3 is 2.78 bits per heavy atom. The minimum Gasteiger partial charge on any atom is -0.469 e. The van der Waals surface area contributed by atoms with Gasteiger partial charge >= 0.3 is 0 Å². The third-order valence-corrected chi connectivity index (χ3v) is 3.32. The topological polar surface area (TPSA) is 25.2 Å². The molecular weight excluding hydrogens is 253 g/mol.